The van der Waals surface area contributed by atoms with Crippen LogP contribution in [0.3, 0.4) is 0 Å². The van der Waals surface area contributed by atoms with Crippen LogP contribution >= 0.6 is 23.1 Å². The number of hydrogen-bond donors (Lipinski definition) is 2. The number of para-hydroxylation sites is 1. The Kier molecular flexibility index (Phi) is 5.02. The Morgan fingerprint density at radius 3 is 2.77 bits per heavy atom. The first kappa shape index (κ1) is 17.6. The summed E-state index contributed by atoms with van der Waals surface area (Å²) in [5.74, 6) is 0. The number of fused-ring (bicyclic) bond motifs is 2. The molecular weight excluding hydrogens is 358 g/mol. The number of benzene rings is 2. The average molecular weight is 382 g/mol. The Morgan fingerprint density at radius 2 is 1.96 bits per heavy atom. The minimum atomic E-state index is 0.0468. The van der Waals surface area contributed by atoms with Gasteiger partial charge in [-0.15, -0.1) is 11.3 Å². The van der Waals surface area contributed by atoms with Crippen LogP contribution in [0.25, 0.3) is 0 Å². The van der Waals surface area contributed by atoms with Crippen LogP contribution < -0.4 is 10.6 Å². The molecule has 0 radical (unpaired) electrons. The van der Waals surface area contributed by atoms with Gasteiger partial charge in [-0.25, -0.2) is 4.98 Å². The van der Waals surface area contributed by atoms with Crippen molar-refractivity contribution in [1.29, 1.82) is 0 Å². The second-order valence-corrected chi connectivity index (χ2v) is 8.96. The minimum absolute atomic E-state index is 0.0468. The lowest BCUT2D eigenvalue weighted by Crippen LogP contribution is -2.29. The fourth-order valence-electron chi connectivity index (χ4n) is 3.44. The predicted molar refractivity (Wildman–Crippen MR) is 112 cm³/mol. The summed E-state index contributed by atoms with van der Waals surface area (Å²) in [7, 11) is 2.01. The van der Waals surface area contributed by atoms with Crippen molar-refractivity contribution in [2.45, 2.75) is 35.0 Å². The topological polar surface area (TPSA) is 37.0 Å². The number of aromatic nitrogens is 1. The third kappa shape index (κ3) is 3.52. The van der Waals surface area contributed by atoms with E-state index in [0.29, 0.717) is 0 Å². The number of thiazole rings is 1. The van der Waals surface area contributed by atoms with Crippen LogP contribution in [0, 0.1) is 0 Å². The molecule has 134 valence electrons. The third-order valence-electron chi connectivity index (χ3n) is 4.89. The van der Waals surface area contributed by atoms with Gasteiger partial charge in [0.15, 0.2) is 0 Å². The van der Waals surface area contributed by atoms with Crippen molar-refractivity contribution < 1.29 is 0 Å². The molecule has 2 heterocycles. The Morgan fingerprint density at radius 1 is 1.12 bits per heavy atom. The van der Waals surface area contributed by atoms with Crippen LogP contribution in [0.1, 0.15) is 23.9 Å². The van der Waals surface area contributed by atoms with Crippen LogP contribution in [0.15, 0.2) is 63.8 Å². The van der Waals surface area contributed by atoms with Gasteiger partial charge >= 0.3 is 0 Å². The Hall–Kier alpha value is -1.82. The molecule has 0 aliphatic carbocycles. The molecule has 2 aromatic carbocycles. The molecule has 3 aromatic rings. The lowest BCUT2D eigenvalue weighted by Gasteiger charge is -2.28. The summed E-state index contributed by atoms with van der Waals surface area (Å²) in [6, 6.07) is 15.3. The van der Waals surface area contributed by atoms with Crippen molar-refractivity contribution in [3.8, 4) is 0 Å². The number of anilines is 2. The van der Waals surface area contributed by atoms with E-state index in [4.69, 9.17) is 0 Å². The van der Waals surface area contributed by atoms with Gasteiger partial charge in [0.25, 0.3) is 0 Å². The van der Waals surface area contributed by atoms with E-state index in [0.717, 1.165) is 19.4 Å². The van der Waals surface area contributed by atoms with Crippen LogP contribution in [-0.4, -0.2) is 18.6 Å². The van der Waals surface area contributed by atoms with Gasteiger partial charge in [-0.1, -0.05) is 36.9 Å². The summed E-state index contributed by atoms with van der Waals surface area (Å²) < 4.78 is 0. The summed E-state index contributed by atoms with van der Waals surface area (Å²) >= 11 is 3.60. The zero-order valence-electron chi connectivity index (χ0n) is 15.1. The first-order valence-electron chi connectivity index (χ1n) is 8.89. The summed E-state index contributed by atoms with van der Waals surface area (Å²) in [5, 5.41) is 10.2. The second kappa shape index (κ2) is 7.43. The Labute approximate surface area is 163 Å². The number of nitrogens with zero attached hydrogens (tertiary/aromatic N) is 1. The SMILES string of the molecule is CNCCC(C)(Cc1ccc2c(c1)Nc1ccccc1S2)c1nccs1. The van der Waals surface area contributed by atoms with Crippen molar-refractivity contribution in [3.05, 3.63) is 64.6 Å². The maximum absolute atomic E-state index is 4.63. The smallest absolute Gasteiger partial charge is 0.0987 e. The Balaban J connectivity index is 1.60. The molecule has 3 nitrogen and oxygen atoms in total. The molecule has 0 bridgehead atoms. The lowest BCUT2D eigenvalue weighted by atomic mass is 9.81. The normalized spacial score (nSPS) is 14.8. The average Bonchev–Trinajstić information content (AvgIpc) is 3.20. The summed E-state index contributed by atoms with van der Waals surface area (Å²) in [4.78, 5) is 7.20. The van der Waals surface area contributed by atoms with E-state index in [2.05, 4.69) is 70.4 Å². The van der Waals surface area contributed by atoms with Gasteiger partial charge in [0.05, 0.1) is 16.4 Å². The Bertz CT molecular complexity index is 892. The van der Waals surface area contributed by atoms with Crippen LogP contribution in [0.2, 0.25) is 0 Å². The molecule has 0 fully saturated rings. The maximum atomic E-state index is 4.63. The molecular formula is C21H23N3S2. The van der Waals surface area contributed by atoms with E-state index in [1.165, 1.54) is 31.7 Å². The highest BCUT2D eigenvalue weighted by Crippen LogP contribution is 2.44. The molecule has 1 aliphatic heterocycles. The highest BCUT2D eigenvalue weighted by molar-refractivity contribution is 7.99. The van der Waals surface area contributed by atoms with E-state index in [-0.39, 0.29) is 5.41 Å². The van der Waals surface area contributed by atoms with Gasteiger partial charge in [0.1, 0.15) is 0 Å². The monoisotopic (exact) mass is 381 g/mol. The maximum Gasteiger partial charge on any atom is 0.0987 e. The minimum Gasteiger partial charge on any atom is -0.354 e. The summed E-state index contributed by atoms with van der Waals surface area (Å²) in [5.41, 5.74) is 3.80. The molecule has 26 heavy (non-hydrogen) atoms. The van der Waals surface area contributed by atoms with Crippen LogP contribution in [0.5, 0.6) is 0 Å². The van der Waals surface area contributed by atoms with Crippen molar-refractivity contribution >= 4 is 34.5 Å². The molecule has 2 N–H and O–H groups in total. The molecule has 0 saturated heterocycles. The highest BCUT2D eigenvalue weighted by atomic mass is 32.2. The number of rotatable bonds is 6. The van der Waals surface area contributed by atoms with E-state index < -0.39 is 0 Å². The summed E-state index contributed by atoms with van der Waals surface area (Å²) in [6.45, 7) is 3.32. The largest absolute Gasteiger partial charge is 0.354 e. The van der Waals surface area contributed by atoms with Crippen molar-refractivity contribution in [1.82, 2.24) is 10.3 Å². The van der Waals surface area contributed by atoms with Gasteiger partial charge in [-0.2, -0.15) is 0 Å². The van der Waals surface area contributed by atoms with Gasteiger partial charge in [-0.3, -0.25) is 0 Å². The third-order valence-corrected chi connectivity index (χ3v) is 7.12. The fraction of sp³-hybridized carbons (Fsp3) is 0.286. The second-order valence-electron chi connectivity index (χ2n) is 6.98. The molecule has 5 heteroatoms. The van der Waals surface area contributed by atoms with E-state index in [1.807, 2.05) is 25.0 Å². The fourth-order valence-corrected chi connectivity index (χ4v) is 5.24. The van der Waals surface area contributed by atoms with Gasteiger partial charge in [0, 0.05) is 26.8 Å². The van der Waals surface area contributed by atoms with Crippen LogP contribution in [0.4, 0.5) is 11.4 Å². The highest BCUT2D eigenvalue weighted by Gasteiger charge is 2.29. The van der Waals surface area contributed by atoms with Gasteiger partial charge in [-0.05, 0) is 56.3 Å². The predicted octanol–water partition coefficient (Wildman–Crippen LogP) is 5.46. The number of hydrogen-bond acceptors (Lipinski definition) is 5. The van der Waals surface area contributed by atoms with Crippen molar-refractivity contribution in [2.75, 3.05) is 18.9 Å². The standard InChI is InChI=1S/C21H23N3S2/c1-21(9-10-22-2,20-23-11-12-25-20)14-15-7-8-19-17(13-15)24-16-5-3-4-6-18(16)26-19/h3-8,11-13,22,24H,9-10,14H2,1-2H3. The zero-order chi connectivity index (χ0) is 18.0. The molecule has 1 aromatic heterocycles. The van der Waals surface area contributed by atoms with E-state index in [9.17, 15) is 0 Å². The number of nitrogens with one attached hydrogen (secondary N) is 2. The quantitative estimate of drug-likeness (QED) is 0.465. The van der Waals surface area contributed by atoms with E-state index >= 15 is 0 Å². The first-order valence-corrected chi connectivity index (χ1v) is 10.6. The van der Waals surface area contributed by atoms with Crippen LogP contribution in [-0.2, 0) is 11.8 Å². The zero-order valence-corrected chi connectivity index (χ0v) is 16.7. The molecule has 1 atom stereocenters. The van der Waals surface area contributed by atoms with Gasteiger partial charge < -0.3 is 10.6 Å². The summed E-state index contributed by atoms with van der Waals surface area (Å²) in [6.07, 6.45) is 3.97. The molecule has 0 saturated carbocycles. The van der Waals surface area contributed by atoms with Crippen molar-refractivity contribution in [2.24, 2.45) is 0 Å². The molecule has 1 aliphatic rings. The molecule has 1 unspecified atom stereocenters. The molecule has 0 amide bonds. The van der Waals surface area contributed by atoms with Gasteiger partial charge in [0.2, 0.25) is 0 Å². The lowest BCUT2D eigenvalue weighted by molar-refractivity contribution is 0.421. The first-order chi connectivity index (χ1) is 12.7. The molecule has 0 spiro atoms. The van der Waals surface area contributed by atoms with Crippen molar-refractivity contribution in [3.63, 3.8) is 0 Å². The molecule has 4 rings (SSSR count). The van der Waals surface area contributed by atoms with E-state index in [1.54, 1.807) is 11.3 Å².